The van der Waals surface area contributed by atoms with Crippen LogP contribution in [0.4, 0.5) is 5.69 Å². The van der Waals surface area contributed by atoms with Crippen molar-refractivity contribution in [3.8, 4) is 0 Å². The Morgan fingerprint density at radius 2 is 1.61 bits per heavy atom. The third-order valence-electron chi connectivity index (χ3n) is 4.93. The van der Waals surface area contributed by atoms with Crippen LogP contribution < -0.4 is 4.72 Å². The molecule has 0 spiro atoms. The fourth-order valence-corrected chi connectivity index (χ4v) is 5.63. The topological polar surface area (TPSA) is 85.6 Å². The average molecular weight is 527 g/mol. The van der Waals surface area contributed by atoms with Crippen LogP contribution in [-0.4, -0.2) is 20.5 Å². The molecule has 0 saturated carbocycles. The first-order chi connectivity index (χ1) is 15.5. The molecule has 172 valence electrons. The first-order valence-corrected chi connectivity index (χ1v) is 12.4. The molecule has 1 aromatic heterocycles. The summed E-state index contributed by atoms with van der Waals surface area (Å²) in [6, 6.07) is 11.1. The molecule has 0 unspecified atom stereocenters. The Bertz CT molecular complexity index is 1530. The van der Waals surface area contributed by atoms with E-state index in [4.69, 9.17) is 44.0 Å². The molecule has 0 aliphatic rings. The van der Waals surface area contributed by atoms with Crippen LogP contribution in [0.15, 0.2) is 51.8 Å². The minimum atomic E-state index is -4.16. The zero-order valence-corrected chi connectivity index (χ0v) is 20.8. The Labute approximate surface area is 205 Å². The van der Waals surface area contributed by atoms with Crippen molar-refractivity contribution in [2.24, 2.45) is 0 Å². The van der Waals surface area contributed by atoms with E-state index >= 15 is 0 Å². The lowest BCUT2D eigenvalue weighted by Gasteiger charge is -2.13. The van der Waals surface area contributed by atoms with Crippen molar-refractivity contribution >= 4 is 78.2 Å². The molecule has 0 atom stereocenters. The summed E-state index contributed by atoms with van der Waals surface area (Å²) in [6.07, 6.45) is -0.336. The number of hydrogen-bond acceptors (Lipinski definition) is 5. The zero-order valence-electron chi connectivity index (χ0n) is 17.7. The van der Waals surface area contributed by atoms with Crippen LogP contribution in [0, 0.1) is 6.92 Å². The molecule has 3 aromatic carbocycles. The predicted molar refractivity (Wildman–Crippen MR) is 131 cm³/mol. The van der Waals surface area contributed by atoms with Gasteiger partial charge in [-0.1, -0.05) is 59.1 Å². The van der Waals surface area contributed by atoms with Crippen molar-refractivity contribution in [3.63, 3.8) is 0 Å². The highest BCUT2D eigenvalue weighted by Crippen LogP contribution is 2.39. The molecule has 33 heavy (non-hydrogen) atoms. The van der Waals surface area contributed by atoms with Gasteiger partial charge >= 0.3 is 5.97 Å². The summed E-state index contributed by atoms with van der Waals surface area (Å²) < 4.78 is 40.3. The SMILES string of the molecule is Cc1oc2c(cc(NS(=O)(=O)c3cc(Cl)c(Cl)cc3Cl)c3ccccc32)c1C(=O)OC(C)C. The first-order valence-electron chi connectivity index (χ1n) is 9.82. The number of fused-ring (bicyclic) bond motifs is 3. The molecule has 4 aromatic rings. The van der Waals surface area contributed by atoms with Crippen LogP contribution in [0.25, 0.3) is 21.7 Å². The fourth-order valence-electron chi connectivity index (χ4n) is 3.56. The monoisotopic (exact) mass is 525 g/mol. The zero-order chi connectivity index (χ0) is 24.1. The average Bonchev–Trinajstić information content (AvgIpc) is 3.06. The van der Waals surface area contributed by atoms with Gasteiger partial charge in [-0.2, -0.15) is 0 Å². The number of ether oxygens (including phenoxy) is 1. The Kier molecular flexibility index (Phi) is 6.26. The number of benzene rings is 3. The van der Waals surface area contributed by atoms with Gasteiger partial charge in [-0.05, 0) is 39.0 Å². The standard InChI is InChI=1S/C23H18Cl3NO5S/c1-11(2)31-23(28)21-12(3)32-22-14-7-5-4-6-13(14)19(8-15(21)22)27-33(29,30)20-10-17(25)16(24)9-18(20)26/h4-11,27H,1-3H3. The Morgan fingerprint density at radius 3 is 2.27 bits per heavy atom. The summed E-state index contributed by atoms with van der Waals surface area (Å²) in [6.45, 7) is 5.14. The van der Waals surface area contributed by atoms with Crippen molar-refractivity contribution in [2.75, 3.05) is 4.72 Å². The van der Waals surface area contributed by atoms with E-state index in [0.717, 1.165) is 0 Å². The normalized spacial score (nSPS) is 12.0. The highest BCUT2D eigenvalue weighted by atomic mass is 35.5. The molecule has 0 aliphatic carbocycles. The maximum absolute atomic E-state index is 13.2. The van der Waals surface area contributed by atoms with E-state index in [1.165, 1.54) is 12.1 Å². The highest BCUT2D eigenvalue weighted by molar-refractivity contribution is 7.92. The summed E-state index contributed by atoms with van der Waals surface area (Å²) in [5.41, 5.74) is 0.923. The third kappa shape index (κ3) is 4.38. The van der Waals surface area contributed by atoms with Crippen molar-refractivity contribution in [1.82, 2.24) is 0 Å². The predicted octanol–water partition coefficient (Wildman–Crippen LogP) is 7.22. The molecular weight excluding hydrogens is 509 g/mol. The minimum Gasteiger partial charge on any atom is -0.460 e. The Hall–Kier alpha value is -2.45. The number of sulfonamides is 1. The number of hydrogen-bond donors (Lipinski definition) is 1. The third-order valence-corrected chi connectivity index (χ3v) is 7.48. The number of rotatable bonds is 5. The summed E-state index contributed by atoms with van der Waals surface area (Å²) in [5, 5.41) is 1.72. The van der Waals surface area contributed by atoms with Gasteiger partial charge in [-0.3, -0.25) is 4.72 Å². The Morgan fingerprint density at radius 1 is 0.970 bits per heavy atom. The number of carbonyl (C=O) groups is 1. The molecule has 1 N–H and O–H groups in total. The molecule has 0 amide bonds. The molecule has 0 saturated heterocycles. The van der Waals surface area contributed by atoms with Crippen LogP contribution in [0.2, 0.25) is 15.1 Å². The number of esters is 1. The second kappa shape index (κ2) is 8.72. The molecule has 10 heteroatoms. The molecule has 1 heterocycles. The van der Waals surface area contributed by atoms with Crippen molar-refractivity contribution in [2.45, 2.75) is 31.8 Å². The van der Waals surface area contributed by atoms with E-state index in [1.54, 1.807) is 51.1 Å². The highest BCUT2D eigenvalue weighted by Gasteiger charge is 2.26. The number of halogens is 3. The van der Waals surface area contributed by atoms with Crippen molar-refractivity contribution in [3.05, 3.63) is 68.9 Å². The number of furan rings is 1. The van der Waals surface area contributed by atoms with E-state index in [2.05, 4.69) is 4.72 Å². The lowest BCUT2D eigenvalue weighted by molar-refractivity contribution is 0.0378. The first kappa shape index (κ1) is 23.7. The van der Waals surface area contributed by atoms with E-state index < -0.39 is 16.0 Å². The molecule has 0 bridgehead atoms. The summed E-state index contributed by atoms with van der Waals surface area (Å²) in [7, 11) is -4.16. The molecule has 0 fully saturated rings. The Balaban J connectivity index is 1.94. The van der Waals surface area contributed by atoms with E-state index in [0.29, 0.717) is 27.5 Å². The van der Waals surface area contributed by atoms with Crippen LogP contribution >= 0.6 is 34.8 Å². The number of anilines is 1. The van der Waals surface area contributed by atoms with Crippen molar-refractivity contribution < 1.29 is 22.4 Å². The van der Waals surface area contributed by atoms with Crippen LogP contribution in [0.1, 0.15) is 30.0 Å². The smallest absolute Gasteiger partial charge is 0.342 e. The molecule has 0 radical (unpaired) electrons. The molecule has 0 aliphatic heterocycles. The van der Waals surface area contributed by atoms with Gasteiger partial charge in [0.25, 0.3) is 10.0 Å². The fraction of sp³-hybridized carbons (Fsp3) is 0.174. The van der Waals surface area contributed by atoms with Crippen LogP contribution in [-0.2, 0) is 14.8 Å². The number of carbonyl (C=O) groups excluding carboxylic acids is 1. The molecule has 4 rings (SSSR count). The minimum absolute atomic E-state index is 0.0472. The summed E-state index contributed by atoms with van der Waals surface area (Å²) in [5.74, 6) is -0.189. The maximum Gasteiger partial charge on any atom is 0.342 e. The molecule has 6 nitrogen and oxygen atoms in total. The van der Waals surface area contributed by atoms with E-state index in [-0.39, 0.29) is 37.3 Å². The summed E-state index contributed by atoms with van der Waals surface area (Å²) in [4.78, 5) is 12.5. The lowest BCUT2D eigenvalue weighted by Crippen LogP contribution is -2.14. The van der Waals surface area contributed by atoms with Gasteiger partial charge in [0.2, 0.25) is 0 Å². The summed E-state index contributed by atoms with van der Waals surface area (Å²) >= 11 is 18.1. The number of nitrogens with one attached hydrogen (secondary N) is 1. The lowest BCUT2D eigenvalue weighted by atomic mass is 10.0. The van der Waals surface area contributed by atoms with Gasteiger partial charge in [0.15, 0.2) is 0 Å². The van der Waals surface area contributed by atoms with Crippen LogP contribution in [0.5, 0.6) is 0 Å². The largest absolute Gasteiger partial charge is 0.460 e. The van der Waals surface area contributed by atoms with Gasteiger partial charge in [0, 0.05) is 16.2 Å². The second-order valence-corrected chi connectivity index (χ2v) is 10.5. The number of aryl methyl sites for hydroxylation is 1. The molecular formula is C23H18Cl3NO5S. The van der Waals surface area contributed by atoms with E-state index in [9.17, 15) is 13.2 Å². The van der Waals surface area contributed by atoms with Crippen LogP contribution in [0.3, 0.4) is 0 Å². The second-order valence-electron chi connectivity index (χ2n) is 7.64. The van der Waals surface area contributed by atoms with Gasteiger partial charge in [-0.25, -0.2) is 13.2 Å². The van der Waals surface area contributed by atoms with E-state index in [1.807, 2.05) is 0 Å². The van der Waals surface area contributed by atoms with Gasteiger partial charge in [0.05, 0.1) is 26.9 Å². The maximum atomic E-state index is 13.2. The van der Waals surface area contributed by atoms with Crippen molar-refractivity contribution in [1.29, 1.82) is 0 Å². The van der Waals surface area contributed by atoms with Gasteiger partial charge < -0.3 is 9.15 Å². The quantitative estimate of drug-likeness (QED) is 0.219. The van der Waals surface area contributed by atoms with Gasteiger partial charge in [0.1, 0.15) is 21.8 Å². The van der Waals surface area contributed by atoms with Gasteiger partial charge in [-0.15, -0.1) is 0 Å².